The number of thiophene rings is 1. The standard InChI is InChI=1S/C20H21FN4O4S2/c21-15-5-3-14(4-6-15)20-22-17(29-23-20)7-8-18(26)25-11-9-16(10-12-25)24-31(27,28)19-2-1-13-30-19/h1-6,13,16,24H,7-12H2. The molecular formula is C20H21FN4O4S2. The molecule has 1 saturated heterocycles. The molecule has 11 heteroatoms. The molecule has 0 bridgehead atoms. The van der Waals surface area contributed by atoms with Crippen LogP contribution in [0.25, 0.3) is 11.4 Å². The molecule has 4 rings (SSSR count). The zero-order valence-corrected chi connectivity index (χ0v) is 18.2. The Bertz CT molecular complexity index is 1120. The number of amides is 1. The molecule has 0 aliphatic carbocycles. The average Bonchev–Trinajstić information content (AvgIpc) is 3.46. The Labute approximate surface area is 183 Å². The largest absolute Gasteiger partial charge is 0.343 e. The summed E-state index contributed by atoms with van der Waals surface area (Å²) < 4.78 is 45.9. The number of rotatable bonds is 7. The van der Waals surface area contributed by atoms with E-state index >= 15 is 0 Å². The zero-order chi connectivity index (χ0) is 21.8. The third kappa shape index (κ3) is 5.35. The van der Waals surface area contributed by atoms with Crippen LogP contribution in [0.5, 0.6) is 0 Å². The monoisotopic (exact) mass is 464 g/mol. The summed E-state index contributed by atoms with van der Waals surface area (Å²) in [4.78, 5) is 18.5. The number of hydrogen-bond acceptors (Lipinski definition) is 7. The normalized spacial score (nSPS) is 15.3. The first-order valence-corrected chi connectivity index (χ1v) is 12.2. The highest BCUT2D eigenvalue weighted by molar-refractivity contribution is 7.91. The number of sulfonamides is 1. The molecule has 1 aliphatic rings. The first kappa shape index (κ1) is 21.6. The van der Waals surface area contributed by atoms with E-state index in [4.69, 9.17) is 4.52 Å². The van der Waals surface area contributed by atoms with E-state index in [1.165, 1.54) is 23.5 Å². The maximum Gasteiger partial charge on any atom is 0.250 e. The fourth-order valence-corrected chi connectivity index (χ4v) is 5.70. The smallest absolute Gasteiger partial charge is 0.250 e. The van der Waals surface area contributed by atoms with Gasteiger partial charge in [-0.15, -0.1) is 11.3 Å². The molecule has 0 saturated carbocycles. The number of halogens is 1. The number of aryl methyl sites for hydroxylation is 1. The van der Waals surface area contributed by atoms with Crippen LogP contribution in [0.2, 0.25) is 0 Å². The third-order valence-corrected chi connectivity index (χ3v) is 7.97. The molecule has 3 heterocycles. The van der Waals surface area contributed by atoms with E-state index in [-0.39, 0.29) is 24.2 Å². The molecule has 3 aromatic rings. The predicted octanol–water partition coefficient (Wildman–Crippen LogP) is 2.84. The van der Waals surface area contributed by atoms with E-state index in [9.17, 15) is 17.6 Å². The number of aromatic nitrogens is 2. The van der Waals surface area contributed by atoms with Crippen molar-refractivity contribution in [3.63, 3.8) is 0 Å². The summed E-state index contributed by atoms with van der Waals surface area (Å²) in [5.74, 6) is 0.301. The predicted molar refractivity (Wildman–Crippen MR) is 112 cm³/mol. The minimum absolute atomic E-state index is 0.0407. The van der Waals surface area contributed by atoms with Gasteiger partial charge < -0.3 is 9.42 Å². The van der Waals surface area contributed by atoms with Crippen LogP contribution in [0.15, 0.2) is 50.5 Å². The lowest BCUT2D eigenvalue weighted by molar-refractivity contribution is -0.132. The van der Waals surface area contributed by atoms with Crippen LogP contribution in [0.1, 0.15) is 25.2 Å². The van der Waals surface area contributed by atoms with E-state index < -0.39 is 10.0 Å². The van der Waals surface area contributed by atoms with Gasteiger partial charge in [0.2, 0.25) is 27.6 Å². The topological polar surface area (TPSA) is 105 Å². The molecule has 0 spiro atoms. The fraction of sp³-hybridized carbons (Fsp3) is 0.350. The quantitative estimate of drug-likeness (QED) is 0.576. The van der Waals surface area contributed by atoms with Gasteiger partial charge in [-0.05, 0) is 48.6 Å². The summed E-state index contributed by atoms with van der Waals surface area (Å²) in [5.41, 5.74) is 0.634. The first-order valence-electron chi connectivity index (χ1n) is 9.83. The summed E-state index contributed by atoms with van der Waals surface area (Å²) in [6.45, 7) is 0.974. The van der Waals surface area contributed by atoms with E-state index in [0.29, 0.717) is 53.8 Å². The summed E-state index contributed by atoms with van der Waals surface area (Å²) in [5, 5.41) is 5.60. The molecule has 164 valence electrons. The number of nitrogens with zero attached hydrogens (tertiary/aromatic N) is 3. The van der Waals surface area contributed by atoms with Gasteiger partial charge in [0.25, 0.3) is 0 Å². The van der Waals surface area contributed by atoms with Crippen LogP contribution in [-0.2, 0) is 21.2 Å². The van der Waals surface area contributed by atoms with Crippen molar-refractivity contribution in [1.82, 2.24) is 19.8 Å². The zero-order valence-electron chi connectivity index (χ0n) is 16.5. The second kappa shape index (κ2) is 9.25. The maximum absolute atomic E-state index is 13.0. The molecule has 1 aliphatic heterocycles. The van der Waals surface area contributed by atoms with Gasteiger partial charge in [0.05, 0.1) is 0 Å². The van der Waals surface area contributed by atoms with Gasteiger partial charge in [0, 0.05) is 37.5 Å². The van der Waals surface area contributed by atoms with Gasteiger partial charge in [-0.3, -0.25) is 4.79 Å². The number of nitrogens with one attached hydrogen (secondary N) is 1. The van der Waals surface area contributed by atoms with Gasteiger partial charge >= 0.3 is 0 Å². The number of carbonyl (C=O) groups excluding carboxylic acids is 1. The third-order valence-electron chi connectivity index (χ3n) is 5.05. The SMILES string of the molecule is O=C(CCc1nc(-c2ccc(F)cc2)no1)N1CCC(NS(=O)(=O)c2cccs2)CC1. The van der Waals surface area contributed by atoms with Crippen molar-refractivity contribution in [3.05, 3.63) is 53.5 Å². The van der Waals surface area contributed by atoms with Gasteiger partial charge in [0.15, 0.2) is 0 Å². The van der Waals surface area contributed by atoms with Crippen molar-refractivity contribution in [2.24, 2.45) is 0 Å². The van der Waals surface area contributed by atoms with Gasteiger partial charge in [-0.2, -0.15) is 4.98 Å². The van der Waals surface area contributed by atoms with Crippen LogP contribution in [0.4, 0.5) is 4.39 Å². The minimum Gasteiger partial charge on any atom is -0.343 e. The molecule has 0 radical (unpaired) electrons. The van der Waals surface area contributed by atoms with Gasteiger partial charge in [-0.1, -0.05) is 11.2 Å². The first-order chi connectivity index (χ1) is 14.9. The molecule has 31 heavy (non-hydrogen) atoms. The van der Waals surface area contributed by atoms with Crippen molar-refractivity contribution in [2.75, 3.05) is 13.1 Å². The Morgan fingerprint density at radius 2 is 1.97 bits per heavy atom. The highest BCUT2D eigenvalue weighted by Crippen LogP contribution is 2.20. The Kier molecular flexibility index (Phi) is 6.44. The summed E-state index contributed by atoms with van der Waals surface area (Å²) in [6.07, 6.45) is 1.64. The van der Waals surface area contributed by atoms with Gasteiger partial charge in [-0.25, -0.2) is 17.5 Å². The molecular weight excluding hydrogens is 443 g/mol. The molecule has 2 aromatic heterocycles. The number of carbonyl (C=O) groups is 1. The Balaban J connectivity index is 1.25. The molecule has 1 fully saturated rings. The van der Waals surface area contributed by atoms with Crippen LogP contribution in [0, 0.1) is 5.82 Å². The molecule has 1 N–H and O–H groups in total. The van der Waals surface area contributed by atoms with E-state index in [2.05, 4.69) is 14.9 Å². The van der Waals surface area contributed by atoms with Crippen molar-refractivity contribution in [3.8, 4) is 11.4 Å². The van der Waals surface area contributed by atoms with Crippen LogP contribution in [0.3, 0.4) is 0 Å². The van der Waals surface area contributed by atoms with E-state index in [1.54, 1.807) is 34.5 Å². The molecule has 8 nitrogen and oxygen atoms in total. The Hall–Kier alpha value is -2.63. The van der Waals surface area contributed by atoms with E-state index in [0.717, 1.165) is 0 Å². The summed E-state index contributed by atoms with van der Waals surface area (Å²) >= 11 is 1.18. The van der Waals surface area contributed by atoms with Gasteiger partial charge in [0.1, 0.15) is 10.0 Å². The Morgan fingerprint density at radius 1 is 1.23 bits per heavy atom. The van der Waals surface area contributed by atoms with Crippen LogP contribution in [-0.4, -0.2) is 48.5 Å². The molecule has 1 amide bonds. The average molecular weight is 465 g/mol. The lowest BCUT2D eigenvalue weighted by Crippen LogP contribution is -2.46. The fourth-order valence-electron chi connectivity index (χ4n) is 3.39. The lowest BCUT2D eigenvalue weighted by Gasteiger charge is -2.32. The number of likely N-dealkylation sites (tertiary alicyclic amines) is 1. The second-order valence-corrected chi connectivity index (χ2v) is 10.1. The number of piperidine rings is 1. The second-order valence-electron chi connectivity index (χ2n) is 7.23. The van der Waals surface area contributed by atoms with Crippen molar-refractivity contribution in [2.45, 2.75) is 35.9 Å². The number of benzene rings is 1. The van der Waals surface area contributed by atoms with Crippen LogP contribution >= 0.6 is 11.3 Å². The van der Waals surface area contributed by atoms with Crippen molar-refractivity contribution in [1.29, 1.82) is 0 Å². The maximum atomic E-state index is 13.0. The van der Waals surface area contributed by atoms with Crippen molar-refractivity contribution < 1.29 is 22.1 Å². The molecule has 1 aromatic carbocycles. The highest BCUT2D eigenvalue weighted by atomic mass is 32.2. The molecule has 0 unspecified atom stereocenters. The van der Waals surface area contributed by atoms with E-state index in [1.807, 2.05) is 0 Å². The Morgan fingerprint density at radius 3 is 2.65 bits per heavy atom. The lowest BCUT2D eigenvalue weighted by atomic mass is 10.1. The highest BCUT2D eigenvalue weighted by Gasteiger charge is 2.27. The van der Waals surface area contributed by atoms with Crippen LogP contribution < -0.4 is 4.72 Å². The molecule has 0 atom stereocenters. The number of hydrogen-bond donors (Lipinski definition) is 1. The van der Waals surface area contributed by atoms with Crippen molar-refractivity contribution >= 4 is 27.3 Å². The summed E-state index contributed by atoms with van der Waals surface area (Å²) in [6, 6.07) is 8.85. The minimum atomic E-state index is -3.51. The summed E-state index contributed by atoms with van der Waals surface area (Å²) in [7, 11) is -3.51.